The van der Waals surface area contributed by atoms with Gasteiger partial charge in [0.15, 0.2) is 0 Å². The molecule has 0 aromatic carbocycles. The number of morpholine rings is 2. The van der Waals surface area contributed by atoms with Gasteiger partial charge in [-0.3, -0.25) is 9.80 Å². The van der Waals surface area contributed by atoms with Gasteiger partial charge in [0.1, 0.15) is 0 Å². The third-order valence-corrected chi connectivity index (χ3v) is 4.29. The van der Waals surface area contributed by atoms with Gasteiger partial charge in [0.25, 0.3) is 0 Å². The highest BCUT2D eigenvalue weighted by molar-refractivity contribution is 5.91. The summed E-state index contributed by atoms with van der Waals surface area (Å²) < 4.78 is 20.7. The molecule has 2 saturated heterocycles. The highest BCUT2D eigenvalue weighted by Gasteiger charge is 2.11. The molecule has 2 aliphatic heterocycles. The van der Waals surface area contributed by atoms with Crippen molar-refractivity contribution in [2.45, 2.75) is 12.8 Å². The lowest BCUT2D eigenvalue weighted by Gasteiger charge is -2.26. The van der Waals surface area contributed by atoms with Crippen LogP contribution in [0.1, 0.15) is 12.8 Å². The van der Waals surface area contributed by atoms with E-state index in [9.17, 15) is 9.59 Å². The number of esters is 2. The van der Waals surface area contributed by atoms with E-state index in [1.807, 2.05) is 0 Å². The Bertz CT molecular complexity index is 405. The van der Waals surface area contributed by atoms with Gasteiger partial charge in [-0.15, -0.1) is 0 Å². The molecule has 0 aliphatic carbocycles. The van der Waals surface area contributed by atoms with Crippen molar-refractivity contribution in [3.8, 4) is 0 Å². The lowest BCUT2D eigenvalue weighted by atomic mass is 10.3. The van der Waals surface area contributed by atoms with Crippen LogP contribution in [0.25, 0.3) is 0 Å². The Hall–Kier alpha value is -1.48. The van der Waals surface area contributed by atoms with Crippen LogP contribution in [0, 0.1) is 0 Å². The van der Waals surface area contributed by atoms with E-state index in [2.05, 4.69) is 9.80 Å². The largest absolute Gasteiger partial charge is 0.462 e. The van der Waals surface area contributed by atoms with Crippen molar-refractivity contribution in [2.24, 2.45) is 0 Å². The quantitative estimate of drug-likeness (QED) is 0.304. The van der Waals surface area contributed by atoms with Gasteiger partial charge in [-0.25, -0.2) is 9.59 Å². The van der Waals surface area contributed by atoms with E-state index in [0.29, 0.717) is 13.2 Å². The molecule has 0 N–H and O–H groups in total. The third-order valence-electron chi connectivity index (χ3n) is 4.29. The van der Waals surface area contributed by atoms with Gasteiger partial charge in [0.05, 0.1) is 39.6 Å². The lowest BCUT2D eigenvalue weighted by molar-refractivity contribution is -0.140. The minimum absolute atomic E-state index is 0.342. The van der Waals surface area contributed by atoms with E-state index in [1.54, 1.807) is 0 Å². The summed E-state index contributed by atoms with van der Waals surface area (Å²) in [6, 6.07) is 0. The van der Waals surface area contributed by atoms with Crippen LogP contribution in [0.15, 0.2) is 12.2 Å². The van der Waals surface area contributed by atoms with Crippen molar-refractivity contribution in [3.05, 3.63) is 12.2 Å². The van der Waals surface area contributed by atoms with E-state index in [-0.39, 0.29) is 0 Å². The van der Waals surface area contributed by atoms with Crippen molar-refractivity contribution in [1.29, 1.82) is 0 Å². The number of carbonyl (C=O) groups is 2. The Morgan fingerprint density at radius 2 is 1.12 bits per heavy atom. The molecule has 0 aromatic rings. The zero-order chi connectivity index (χ0) is 18.5. The zero-order valence-corrected chi connectivity index (χ0v) is 15.4. The van der Waals surface area contributed by atoms with E-state index in [0.717, 1.165) is 90.7 Å². The fourth-order valence-electron chi connectivity index (χ4n) is 2.80. The monoisotopic (exact) mass is 370 g/mol. The maximum atomic E-state index is 11.6. The molecule has 2 aliphatic rings. The van der Waals surface area contributed by atoms with Crippen molar-refractivity contribution in [1.82, 2.24) is 9.80 Å². The summed E-state index contributed by atoms with van der Waals surface area (Å²) in [7, 11) is 0. The Balaban J connectivity index is 1.45. The Labute approximate surface area is 155 Å². The highest BCUT2D eigenvalue weighted by Crippen LogP contribution is 2.00. The van der Waals surface area contributed by atoms with Crippen molar-refractivity contribution in [2.75, 3.05) is 78.9 Å². The van der Waals surface area contributed by atoms with Gasteiger partial charge < -0.3 is 18.9 Å². The number of ether oxygens (including phenoxy) is 4. The second-order valence-electron chi connectivity index (χ2n) is 6.28. The van der Waals surface area contributed by atoms with E-state index < -0.39 is 11.9 Å². The van der Waals surface area contributed by atoms with E-state index >= 15 is 0 Å². The molecule has 8 heteroatoms. The van der Waals surface area contributed by atoms with Gasteiger partial charge in [0, 0.05) is 51.4 Å². The molecule has 2 rings (SSSR count). The summed E-state index contributed by atoms with van der Waals surface area (Å²) in [5, 5.41) is 0. The van der Waals surface area contributed by atoms with Crippen LogP contribution in [0.3, 0.4) is 0 Å². The Kier molecular flexibility index (Phi) is 10.3. The molecule has 26 heavy (non-hydrogen) atoms. The topological polar surface area (TPSA) is 77.5 Å². The Morgan fingerprint density at radius 3 is 1.50 bits per heavy atom. The maximum absolute atomic E-state index is 11.6. The highest BCUT2D eigenvalue weighted by atomic mass is 16.5. The number of carbonyl (C=O) groups excluding carboxylic acids is 2. The first-order chi connectivity index (χ1) is 12.7. The fourth-order valence-corrected chi connectivity index (χ4v) is 2.80. The van der Waals surface area contributed by atoms with Gasteiger partial charge in [-0.1, -0.05) is 0 Å². The molecule has 0 atom stereocenters. The van der Waals surface area contributed by atoms with Crippen LogP contribution in [0.4, 0.5) is 0 Å². The summed E-state index contributed by atoms with van der Waals surface area (Å²) in [5.74, 6) is -1.03. The predicted octanol–water partition coefficient (Wildman–Crippen LogP) is 0.0736. The van der Waals surface area contributed by atoms with Crippen LogP contribution in [-0.2, 0) is 28.5 Å². The van der Waals surface area contributed by atoms with Gasteiger partial charge in [0.2, 0.25) is 0 Å². The molecule has 0 radical (unpaired) electrons. The molecule has 0 amide bonds. The summed E-state index contributed by atoms with van der Waals surface area (Å²) in [6.45, 7) is 9.18. The second kappa shape index (κ2) is 12.8. The first-order valence-corrected chi connectivity index (χ1v) is 9.36. The minimum atomic E-state index is -0.516. The minimum Gasteiger partial charge on any atom is -0.462 e. The van der Waals surface area contributed by atoms with Crippen LogP contribution < -0.4 is 0 Å². The zero-order valence-electron chi connectivity index (χ0n) is 15.4. The second-order valence-corrected chi connectivity index (χ2v) is 6.28. The van der Waals surface area contributed by atoms with Crippen LogP contribution >= 0.6 is 0 Å². The fraction of sp³-hybridized carbons (Fsp3) is 0.778. The Morgan fingerprint density at radius 1 is 0.731 bits per heavy atom. The average Bonchev–Trinajstić information content (AvgIpc) is 2.68. The van der Waals surface area contributed by atoms with Crippen molar-refractivity contribution in [3.63, 3.8) is 0 Å². The van der Waals surface area contributed by atoms with E-state index in [4.69, 9.17) is 18.9 Å². The lowest BCUT2D eigenvalue weighted by Crippen LogP contribution is -2.37. The van der Waals surface area contributed by atoms with Gasteiger partial charge in [-0.2, -0.15) is 0 Å². The summed E-state index contributed by atoms with van der Waals surface area (Å²) in [5.41, 5.74) is 0. The molecule has 0 saturated carbocycles. The number of rotatable bonds is 10. The first-order valence-electron chi connectivity index (χ1n) is 9.36. The summed E-state index contributed by atoms with van der Waals surface area (Å²) in [4.78, 5) is 27.7. The smallest absolute Gasteiger partial charge is 0.331 e. The molecule has 8 nitrogen and oxygen atoms in total. The SMILES string of the molecule is O=C(C=CC(=O)OCCCN1CCOCC1)OCCCN1CCOCC1. The molecule has 0 aromatic heterocycles. The standard InChI is InChI=1S/C18H30N2O6/c21-17(25-11-1-5-19-7-13-23-14-8-19)3-4-18(22)26-12-2-6-20-9-15-24-16-10-20/h3-4H,1-2,5-16H2. The third kappa shape index (κ3) is 9.28. The molecule has 0 unspecified atom stereocenters. The normalized spacial score (nSPS) is 19.5. The molecular weight excluding hydrogens is 340 g/mol. The van der Waals surface area contributed by atoms with Crippen LogP contribution in [0.5, 0.6) is 0 Å². The molecular formula is C18H30N2O6. The van der Waals surface area contributed by atoms with Gasteiger partial charge >= 0.3 is 11.9 Å². The van der Waals surface area contributed by atoms with Crippen LogP contribution in [-0.4, -0.2) is 101 Å². The average molecular weight is 370 g/mol. The van der Waals surface area contributed by atoms with Gasteiger partial charge in [-0.05, 0) is 12.8 Å². The molecule has 2 fully saturated rings. The molecule has 0 bridgehead atoms. The molecule has 2 heterocycles. The number of hydrogen-bond donors (Lipinski definition) is 0. The maximum Gasteiger partial charge on any atom is 0.331 e. The molecule has 148 valence electrons. The van der Waals surface area contributed by atoms with Crippen LogP contribution in [0.2, 0.25) is 0 Å². The van der Waals surface area contributed by atoms with Crippen molar-refractivity contribution >= 4 is 11.9 Å². The number of nitrogens with zero attached hydrogens (tertiary/aromatic N) is 2. The first kappa shape index (κ1) is 20.8. The van der Waals surface area contributed by atoms with E-state index in [1.165, 1.54) is 0 Å². The summed E-state index contributed by atoms with van der Waals surface area (Å²) in [6.07, 6.45) is 3.79. The van der Waals surface area contributed by atoms with Crippen molar-refractivity contribution < 1.29 is 28.5 Å². The number of hydrogen-bond acceptors (Lipinski definition) is 8. The molecule has 0 spiro atoms. The summed E-state index contributed by atoms with van der Waals surface area (Å²) >= 11 is 0. The predicted molar refractivity (Wildman–Crippen MR) is 94.8 cm³/mol.